The Kier molecular flexibility index (Phi) is 31.3. The van der Waals surface area contributed by atoms with Crippen LogP contribution in [-0.2, 0) is 157 Å². The van der Waals surface area contributed by atoms with Gasteiger partial charge in [-0.2, -0.15) is 0 Å². The van der Waals surface area contributed by atoms with Gasteiger partial charge in [0.25, 0.3) is 0 Å². The molecule has 0 aromatic rings. The van der Waals surface area contributed by atoms with Gasteiger partial charge < -0.3 is 101 Å². The lowest BCUT2D eigenvalue weighted by molar-refractivity contribution is -0.307. The van der Waals surface area contributed by atoms with Gasteiger partial charge in [0.05, 0.1) is 19.8 Å². The van der Waals surface area contributed by atoms with Crippen LogP contribution in [0.2, 0.25) is 0 Å². The monoisotopic (exact) mass is 1470 g/mol. The van der Waals surface area contributed by atoms with Gasteiger partial charge in [-0.15, -0.1) is 0 Å². The zero-order valence-corrected chi connectivity index (χ0v) is 60.1. The Balaban J connectivity index is 1.15. The summed E-state index contributed by atoms with van der Waals surface area (Å²) in [5.41, 5.74) is -1.28. The van der Waals surface area contributed by atoms with Gasteiger partial charge in [-0.3, -0.25) is 71.9 Å². The highest BCUT2D eigenvalue weighted by atomic mass is 16.8. The number of nitrogens with one attached hydrogen (secondary N) is 3. The third-order valence-corrected chi connectivity index (χ3v) is 18.0. The molecule has 3 saturated heterocycles. The number of esters is 12. The highest BCUT2D eigenvalue weighted by Gasteiger charge is 2.63. The zero-order valence-electron chi connectivity index (χ0n) is 60.1. The first-order valence-electron chi connectivity index (χ1n) is 34.0. The minimum Gasteiger partial charge on any atom is -0.463 e. The Morgan fingerprint density at radius 2 is 0.515 bits per heavy atom. The van der Waals surface area contributed by atoms with E-state index in [0.29, 0.717) is 38.5 Å². The first-order chi connectivity index (χ1) is 48.5. The number of carbonyl (C=O) groups excluding carboxylic acids is 15. The number of ether oxygens (including phenoxy) is 18. The Labute approximate surface area is 594 Å². The van der Waals surface area contributed by atoms with Crippen LogP contribution >= 0.6 is 0 Å². The van der Waals surface area contributed by atoms with E-state index in [4.69, 9.17) is 85.3 Å². The van der Waals surface area contributed by atoms with E-state index in [2.05, 4.69) is 16.0 Å². The van der Waals surface area contributed by atoms with Crippen molar-refractivity contribution in [3.05, 3.63) is 0 Å². The second kappa shape index (κ2) is 38.5. The quantitative estimate of drug-likeness (QED) is 0.0446. The highest BCUT2D eigenvalue weighted by Crippen LogP contribution is 2.73. The maximum absolute atomic E-state index is 13.9. The van der Waals surface area contributed by atoms with E-state index in [0.717, 1.165) is 102 Å². The molecule has 7 rings (SSSR count). The third-order valence-electron chi connectivity index (χ3n) is 18.0. The molecule has 0 aromatic heterocycles. The standard InChI is InChI=1S/C67H97N3O33/c1-34(71)89-28-47-53(92-37(4)74)56(95-40(7)77)59(98-43(10)80)62(101-47)86-22-19-68-50(83)13-16-65-25-46-26-66(31-65,17-14-51(84)69-20-23-87-63-60(99-44(11)81)57(96-41(8)78)54(93-38(5)75)48(102-63)29-90-35(2)72)33-67(27-46,32-65)18-15-52(85)70-21-24-88-64-61(100-45(12)82)58(97-42(9)79)55(94-39(6)76)49(103-64)30-91-36(3)73/h46-49,53-64H,13-33H2,1-12H3,(H,68,83)(H,69,84)(H,70,85)/t46?,47-,48-,49-,53-,54-,55-,56+,57+,58+,59+,60+,61+,62+,63+,64+,65?,66?,67?/m1/s1. The Bertz CT molecular complexity index is 2750. The predicted molar refractivity (Wildman–Crippen MR) is 339 cm³/mol. The molecule has 0 unspecified atom stereocenters. The molecule has 0 radical (unpaired) electrons. The average Bonchev–Trinajstić information content (AvgIpc) is 0.704. The molecule has 4 aliphatic carbocycles. The number of carbonyl (C=O) groups is 15. The van der Waals surface area contributed by atoms with Gasteiger partial charge in [0.15, 0.2) is 73.8 Å². The SMILES string of the molecule is CC(=O)OC[C@H]1O[C@H](OCCNC(=O)CCC23CC4CC(CCC(=O)NCCO[C@H]5O[C@H](COC(C)=O)[C@@H](OC(C)=O)[C@H](OC(C)=O)[C@@H]5OC(C)=O)(C2)CC(CCC(=O)NCCO[C@H]2O[C@H](COC(C)=O)[C@@H](OC(C)=O)[C@H](OC(C)=O)[C@@H]2OC(C)=O)(C4)C3)[C@@H](OC(C)=O)[C@@H](OC(C)=O)[C@@H]1OC(C)=O. The molecule has 3 amide bonds. The van der Waals surface area contributed by atoms with Gasteiger partial charge in [-0.25, -0.2) is 0 Å². The van der Waals surface area contributed by atoms with Crippen molar-refractivity contribution in [1.82, 2.24) is 16.0 Å². The fourth-order valence-corrected chi connectivity index (χ4v) is 15.4. The van der Waals surface area contributed by atoms with Crippen LogP contribution in [0.3, 0.4) is 0 Å². The van der Waals surface area contributed by atoms with E-state index in [1.807, 2.05) is 0 Å². The van der Waals surface area contributed by atoms with Gasteiger partial charge in [0.2, 0.25) is 17.7 Å². The van der Waals surface area contributed by atoms with Crippen molar-refractivity contribution in [3.63, 3.8) is 0 Å². The van der Waals surface area contributed by atoms with Crippen LogP contribution in [0.5, 0.6) is 0 Å². The third kappa shape index (κ3) is 25.9. The van der Waals surface area contributed by atoms with Crippen LogP contribution in [0.4, 0.5) is 0 Å². The molecule has 0 spiro atoms. The minimum atomic E-state index is -1.49. The molecule has 3 N–H and O–H groups in total. The number of hydrogen-bond acceptors (Lipinski definition) is 33. The summed E-state index contributed by atoms with van der Waals surface area (Å²) in [6, 6.07) is 0. The molecule has 7 fully saturated rings. The molecule has 36 nitrogen and oxygen atoms in total. The normalized spacial score (nSPS) is 31.0. The zero-order chi connectivity index (χ0) is 76.1. The van der Waals surface area contributed by atoms with Crippen LogP contribution in [0.25, 0.3) is 0 Å². The van der Waals surface area contributed by atoms with Crippen LogP contribution in [-0.4, -0.2) is 241 Å². The lowest BCUT2D eigenvalue weighted by Gasteiger charge is -2.67. The largest absolute Gasteiger partial charge is 0.463 e. The van der Waals surface area contributed by atoms with Crippen molar-refractivity contribution in [2.45, 2.75) is 252 Å². The molecule has 7 aliphatic rings. The summed E-state index contributed by atoms with van der Waals surface area (Å²) in [5, 5.41) is 8.59. The van der Waals surface area contributed by atoms with E-state index < -0.39 is 200 Å². The topological polar surface area (TPSA) is 458 Å². The molecule has 36 heteroatoms. The minimum absolute atomic E-state index is 0.0536. The van der Waals surface area contributed by atoms with E-state index in [9.17, 15) is 71.9 Å². The number of amides is 3. The highest BCUT2D eigenvalue weighted by molar-refractivity contribution is 5.77. The summed E-state index contributed by atoms with van der Waals surface area (Å²) in [6.45, 7) is 10.7. The molecule has 4 saturated carbocycles. The molecule has 0 aromatic carbocycles. The molecule has 3 heterocycles. The van der Waals surface area contributed by atoms with Crippen LogP contribution in [0.15, 0.2) is 0 Å². The van der Waals surface area contributed by atoms with Gasteiger partial charge in [-0.1, -0.05) is 0 Å². The maximum atomic E-state index is 13.9. The van der Waals surface area contributed by atoms with Gasteiger partial charge >= 0.3 is 71.6 Å². The summed E-state index contributed by atoms with van der Waals surface area (Å²) < 4.78 is 101. The predicted octanol–water partition coefficient (Wildman–Crippen LogP) is 0.931. The smallest absolute Gasteiger partial charge is 0.303 e. The summed E-state index contributed by atoms with van der Waals surface area (Å²) in [6.07, 6.45) is -15.7. The van der Waals surface area contributed by atoms with Crippen molar-refractivity contribution in [1.29, 1.82) is 0 Å². The Morgan fingerprint density at radius 1 is 0.301 bits per heavy atom. The molecule has 4 bridgehead atoms. The fourth-order valence-electron chi connectivity index (χ4n) is 15.4. The number of hydrogen-bond donors (Lipinski definition) is 3. The fraction of sp³-hybridized carbons (Fsp3) is 0.776. The van der Waals surface area contributed by atoms with E-state index in [-0.39, 0.29) is 82.4 Å². The van der Waals surface area contributed by atoms with Crippen molar-refractivity contribution in [2.75, 3.05) is 59.3 Å². The molecule has 103 heavy (non-hydrogen) atoms. The van der Waals surface area contributed by atoms with Crippen molar-refractivity contribution in [3.8, 4) is 0 Å². The van der Waals surface area contributed by atoms with E-state index in [1.54, 1.807) is 0 Å². The lowest BCUT2D eigenvalue weighted by Crippen LogP contribution is -2.63. The van der Waals surface area contributed by atoms with Gasteiger partial charge in [0.1, 0.15) is 38.1 Å². The Morgan fingerprint density at radius 3 is 0.728 bits per heavy atom. The second-order valence-electron chi connectivity index (χ2n) is 26.9. The lowest BCUT2D eigenvalue weighted by atomic mass is 9.37. The average molecular weight is 1470 g/mol. The number of rotatable bonds is 36. The summed E-state index contributed by atoms with van der Waals surface area (Å²) in [5.74, 6) is -10.5. The van der Waals surface area contributed by atoms with Crippen molar-refractivity contribution >= 4 is 89.4 Å². The first kappa shape index (κ1) is 83.8. The van der Waals surface area contributed by atoms with Crippen molar-refractivity contribution in [2.24, 2.45) is 22.2 Å². The first-order valence-corrected chi connectivity index (χ1v) is 34.0. The van der Waals surface area contributed by atoms with E-state index in [1.165, 1.54) is 0 Å². The summed E-state index contributed by atoms with van der Waals surface area (Å²) in [4.78, 5) is 188. The summed E-state index contributed by atoms with van der Waals surface area (Å²) in [7, 11) is 0. The van der Waals surface area contributed by atoms with E-state index >= 15 is 0 Å². The van der Waals surface area contributed by atoms with Crippen LogP contribution in [0, 0.1) is 22.2 Å². The molecule has 15 atom stereocenters. The van der Waals surface area contributed by atoms with Gasteiger partial charge in [-0.05, 0) is 80.0 Å². The van der Waals surface area contributed by atoms with Crippen molar-refractivity contribution < 1.29 is 157 Å². The molecular formula is C67H97N3O33. The molecular weight excluding hydrogens is 1370 g/mol. The second-order valence-corrected chi connectivity index (χ2v) is 26.9. The molecule has 3 aliphatic heterocycles. The van der Waals surface area contributed by atoms with Crippen LogP contribution in [0.1, 0.15) is 160 Å². The Hall–Kier alpha value is -8.19. The molecule has 578 valence electrons. The maximum Gasteiger partial charge on any atom is 0.303 e. The van der Waals surface area contributed by atoms with Gasteiger partial charge in [0, 0.05) is 122 Å². The van der Waals surface area contributed by atoms with Crippen LogP contribution < -0.4 is 16.0 Å². The summed E-state index contributed by atoms with van der Waals surface area (Å²) >= 11 is 0.